The number of alkyl halides is 1. The van der Waals surface area contributed by atoms with E-state index >= 15 is 0 Å². The smallest absolute Gasteiger partial charge is 0.195 e. The van der Waals surface area contributed by atoms with Crippen LogP contribution in [0.25, 0.3) is 21.7 Å². The molecule has 0 amide bonds. The summed E-state index contributed by atoms with van der Waals surface area (Å²) >= 11 is 0. The van der Waals surface area contributed by atoms with Crippen LogP contribution in [0.5, 0.6) is 0 Å². The zero-order valence-corrected chi connectivity index (χ0v) is 15.1. The van der Waals surface area contributed by atoms with E-state index in [9.17, 15) is 14.3 Å². The Morgan fingerprint density at radius 1 is 1.07 bits per heavy atom. The zero-order chi connectivity index (χ0) is 23.9. The topological polar surface area (TPSA) is 42.2 Å². The van der Waals surface area contributed by atoms with Crippen molar-refractivity contribution in [3.05, 3.63) is 83.9 Å². The molecule has 4 aromatic rings. The number of aromatic nitrogens is 1. The molecule has 1 atom stereocenters. The molecule has 1 N–H and O–H groups in total. The van der Waals surface area contributed by atoms with E-state index in [4.69, 9.17) is 6.85 Å². The molecule has 1 unspecified atom stereocenters. The fourth-order valence-corrected chi connectivity index (χ4v) is 3.39. The number of carbonyl (C=O) groups is 1. The molecule has 3 nitrogen and oxygen atoms in total. The summed E-state index contributed by atoms with van der Waals surface area (Å²) in [6.45, 7) is -0.804. The van der Waals surface area contributed by atoms with Crippen LogP contribution in [-0.2, 0) is 6.54 Å². The van der Waals surface area contributed by atoms with Gasteiger partial charge in [0.25, 0.3) is 0 Å². The molecular formula is C24H22FNO2. The molecular weight excluding hydrogens is 353 g/mol. The van der Waals surface area contributed by atoms with E-state index in [0.717, 1.165) is 5.39 Å². The van der Waals surface area contributed by atoms with Gasteiger partial charge >= 0.3 is 0 Å². The molecule has 0 fully saturated rings. The summed E-state index contributed by atoms with van der Waals surface area (Å²) in [4.78, 5) is 13.7. The van der Waals surface area contributed by atoms with E-state index in [0.29, 0.717) is 10.9 Å². The van der Waals surface area contributed by atoms with Crippen molar-refractivity contribution in [1.29, 1.82) is 0 Å². The van der Waals surface area contributed by atoms with Crippen molar-refractivity contribution in [2.45, 2.75) is 25.5 Å². The molecule has 0 radical (unpaired) electrons. The van der Waals surface area contributed by atoms with E-state index < -0.39 is 30.6 Å². The van der Waals surface area contributed by atoms with Crippen molar-refractivity contribution in [3.8, 4) is 0 Å². The molecule has 28 heavy (non-hydrogen) atoms. The van der Waals surface area contributed by atoms with Crippen LogP contribution in [0.2, 0.25) is 0 Å². The molecule has 0 saturated carbocycles. The van der Waals surface area contributed by atoms with Gasteiger partial charge in [-0.25, -0.2) is 4.39 Å². The SMILES string of the molecule is [2H]c1c([2H])c([2H])c2c(c1[2H])c(C(=O)c1cccc3ccccc13)c([2H])n2CCCC(O)CF. The van der Waals surface area contributed by atoms with Crippen molar-refractivity contribution in [1.82, 2.24) is 4.57 Å². The summed E-state index contributed by atoms with van der Waals surface area (Å²) in [7, 11) is 0. The second-order valence-electron chi connectivity index (χ2n) is 6.67. The summed E-state index contributed by atoms with van der Waals surface area (Å²) in [6.07, 6.45) is -0.991. The molecule has 0 aliphatic carbocycles. The van der Waals surface area contributed by atoms with Crippen molar-refractivity contribution < 1.29 is 21.1 Å². The summed E-state index contributed by atoms with van der Waals surface area (Å²) in [5.41, 5.74) is 0.296. The number of hydrogen-bond acceptors (Lipinski definition) is 2. The molecule has 0 aliphatic heterocycles. The first-order valence-corrected chi connectivity index (χ1v) is 9.13. The largest absolute Gasteiger partial charge is 0.390 e. The molecule has 0 saturated heterocycles. The van der Waals surface area contributed by atoms with Gasteiger partial charge in [-0.1, -0.05) is 60.6 Å². The maximum absolute atomic E-state index is 13.7. The van der Waals surface area contributed by atoms with Crippen LogP contribution in [0.4, 0.5) is 4.39 Å². The van der Waals surface area contributed by atoms with Gasteiger partial charge in [0, 0.05) is 34.7 Å². The van der Waals surface area contributed by atoms with Gasteiger partial charge in [-0.3, -0.25) is 4.79 Å². The summed E-state index contributed by atoms with van der Waals surface area (Å²) in [6, 6.07) is 10.9. The minimum Gasteiger partial charge on any atom is -0.390 e. The number of carbonyl (C=O) groups excluding carboxylic acids is 1. The molecule has 4 rings (SSSR count). The molecule has 142 valence electrons. The lowest BCUT2D eigenvalue weighted by Gasteiger charge is -2.07. The van der Waals surface area contributed by atoms with E-state index in [-0.39, 0.29) is 54.1 Å². The van der Waals surface area contributed by atoms with Gasteiger partial charge in [0.15, 0.2) is 5.78 Å². The predicted octanol–water partition coefficient (Wildman–Crippen LogP) is 5.14. The maximum Gasteiger partial charge on any atom is 0.195 e. The quantitative estimate of drug-likeness (QED) is 0.451. The third kappa shape index (κ3) is 3.43. The van der Waals surface area contributed by atoms with Gasteiger partial charge < -0.3 is 9.67 Å². The Hall–Kier alpha value is -2.98. The van der Waals surface area contributed by atoms with Crippen LogP contribution in [0, 0.1) is 0 Å². The second-order valence-corrected chi connectivity index (χ2v) is 6.67. The Bertz CT molecular complexity index is 1380. The molecule has 1 aromatic heterocycles. The average Bonchev–Trinajstić information content (AvgIpc) is 3.12. The average molecular weight is 380 g/mol. The monoisotopic (exact) mass is 380 g/mol. The molecule has 1 heterocycles. The third-order valence-electron chi connectivity index (χ3n) is 4.79. The van der Waals surface area contributed by atoms with Crippen LogP contribution in [0.1, 0.15) is 35.6 Å². The third-order valence-corrected chi connectivity index (χ3v) is 4.79. The number of nitrogens with zero attached hydrogens (tertiary/aromatic N) is 1. The fraction of sp³-hybridized carbons (Fsp3) is 0.208. The molecule has 3 aromatic carbocycles. The highest BCUT2D eigenvalue weighted by Gasteiger charge is 2.18. The standard InChI is InChI=1S/C24H22FNO2/c25-15-18(27)9-6-14-26-16-22(20-11-3-4-13-23(20)26)24(28)21-12-5-8-17-7-1-2-10-19(17)21/h1-5,7-8,10-13,16,18,27H,6,9,14-15H2/i3D,4D,11D,13D,16D. The van der Waals surface area contributed by atoms with Crippen molar-refractivity contribution in [2.24, 2.45) is 0 Å². The van der Waals surface area contributed by atoms with Gasteiger partial charge in [0.05, 0.1) is 13.0 Å². The molecule has 0 spiro atoms. The van der Waals surface area contributed by atoms with Crippen LogP contribution >= 0.6 is 0 Å². The Balaban J connectivity index is 1.96. The van der Waals surface area contributed by atoms with Gasteiger partial charge in [0.1, 0.15) is 6.67 Å². The number of aliphatic hydroxyl groups is 1. The number of fused-ring (bicyclic) bond motifs is 2. The van der Waals surface area contributed by atoms with E-state index in [1.807, 2.05) is 18.2 Å². The number of para-hydroxylation sites is 1. The number of ketones is 1. The Morgan fingerprint density at radius 2 is 1.86 bits per heavy atom. The highest BCUT2D eigenvalue weighted by Crippen LogP contribution is 2.27. The second kappa shape index (κ2) is 7.95. The molecule has 0 aliphatic rings. The van der Waals surface area contributed by atoms with E-state index in [2.05, 4.69) is 0 Å². The summed E-state index contributed by atoms with van der Waals surface area (Å²) in [5.74, 6) is -0.505. The summed E-state index contributed by atoms with van der Waals surface area (Å²) in [5, 5.41) is 11.0. The van der Waals surface area contributed by atoms with Gasteiger partial charge in [-0.05, 0) is 29.7 Å². The first-order chi connectivity index (χ1) is 15.8. The van der Waals surface area contributed by atoms with Gasteiger partial charge in [-0.15, -0.1) is 0 Å². The first-order valence-electron chi connectivity index (χ1n) is 11.6. The Kier molecular flexibility index (Phi) is 3.76. The van der Waals surface area contributed by atoms with E-state index in [1.54, 1.807) is 24.3 Å². The van der Waals surface area contributed by atoms with Gasteiger partial charge in [0.2, 0.25) is 0 Å². The first kappa shape index (κ1) is 13.2. The minimum absolute atomic E-state index is 0.00465. The van der Waals surface area contributed by atoms with Crippen LogP contribution in [0.3, 0.4) is 0 Å². The summed E-state index contributed by atoms with van der Waals surface area (Å²) < 4.78 is 55.7. The van der Waals surface area contributed by atoms with Crippen molar-refractivity contribution >= 4 is 27.5 Å². The Labute approximate surface area is 170 Å². The normalized spacial score (nSPS) is 15.0. The van der Waals surface area contributed by atoms with Crippen LogP contribution in [-0.4, -0.2) is 28.2 Å². The lowest BCUT2D eigenvalue weighted by molar-refractivity contribution is 0.104. The van der Waals surface area contributed by atoms with Crippen LogP contribution in [0.15, 0.2) is 72.8 Å². The number of hydrogen-bond donors (Lipinski definition) is 1. The number of aryl methyl sites for hydroxylation is 1. The van der Waals surface area contributed by atoms with Crippen molar-refractivity contribution in [2.75, 3.05) is 6.67 Å². The lowest BCUT2D eigenvalue weighted by Crippen LogP contribution is -2.10. The van der Waals surface area contributed by atoms with E-state index in [1.165, 1.54) is 4.57 Å². The Morgan fingerprint density at radius 3 is 2.71 bits per heavy atom. The number of halogens is 1. The minimum atomic E-state index is -1.15. The van der Waals surface area contributed by atoms with Crippen molar-refractivity contribution in [3.63, 3.8) is 0 Å². The highest BCUT2D eigenvalue weighted by atomic mass is 19.1. The maximum atomic E-state index is 13.7. The van der Waals surface area contributed by atoms with Crippen LogP contribution < -0.4 is 0 Å². The van der Waals surface area contributed by atoms with Gasteiger partial charge in [-0.2, -0.15) is 0 Å². The molecule has 0 bridgehead atoms. The highest BCUT2D eigenvalue weighted by molar-refractivity contribution is 6.21. The zero-order valence-electron chi connectivity index (χ0n) is 20.1. The lowest BCUT2D eigenvalue weighted by atomic mass is 9.97. The number of rotatable bonds is 7. The molecule has 4 heteroatoms. The number of benzene rings is 3. The predicted molar refractivity (Wildman–Crippen MR) is 111 cm³/mol. The fourth-order valence-electron chi connectivity index (χ4n) is 3.39. The number of aliphatic hydroxyl groups excluding tert-OH is 1.